The molecule has 0 bridgehead atoms. The Bertz CT molecular complexity index is 1120. The van der Waals surface area contributed by atoms with Gasteiger partial charge >= 0.3 is 0 Å². The summed E-state index contributed by atoms with van der Waals surface area (Å²) in [6, 6.07) is 7.73. The predicted octanol–water partition coefficient (Wildman–Crippen LogP) is 2.15. The molecule has 0 amide bonds. The van der Waals surface area contributed by atoms with Crippen LogP contribution in [0.4, 0.5) is 11.8 Å². The first-order chi connectivity index (χ1) is 14.1. The number of nitrogens with zero attached hydrogens (tertiary/aromatic N) is 7. The Labute approximate surface area is 166 Å². The van der Waals surface area contributed by atoms with Crippen LogP contribution >= 0.6 is 0 Å². The van der Waals surface area contributed by atoms with Crippen LogP contribution in [0.2, 0.25) is 0 Å². The number of furan rings is 1. The zero-order valence-electron chi connectivity index (χ0n) is 16.3. The van der Waals surface area contributed by atoms with E-state index in [1.54, 1.807) is 12.3 Å². The molecule has 1 saturated heterocycles. The maximum Gasteiger partial charge on any atom is 0.225 e. The highest BCUT2D eigenvalue weighted by atomic mass is 16.5. The van der Waals surface area contributed by atoms with Gasteiger partial charge in [0.25, 0.3) is 0 Å². The molecule has 1 fully saturated rings. The molecule has 4 aromatic rings. The highest BCUT2D eigenvalue weighted by Crippen LogP contribution is 2.25. The maximum atomic E-state index is 6.15. The summed E-state index contributed by atoms with van der Waals surface area (Å²) in [6.45, 7) is 7.52. The second-order valence-corrected chi connectivity index (χ2v) is 7.22. The lowest BCUT2D eigenvalue weighted by Gasteiger charge is -2.37. The molecular formula is C19H22N8O2. The molecule has 5 rings (SSSR count). The highest BCUT2D eigenvalue weighted by molar-refractivity contribution is 5.59. The van der Waals surface area contributed by atoms with E-state index in [9.17, 15) is 0 Å². The van der Waals surface area contributed by atoms with E-state index in [4.69, 9.17) is 14.7 Å². The van der Waals surface area contributed by atoms with E-state index < -0.39 is 0 Å². The average molecular weight is 394 g/mol. The van der Waals surface area contributed by atoms with Gasteiger partial charge in [-0.15, -0.1) is 5.10 Å². The van der Waals surface area contributed by atoms with Crippen LogP contribution < -0.4 is 10.6 Å². The van der Waals surface area contributed by atoms with Gasteiger partial charge in [-0.2, -0.15) is 9.50 Å². The van der Waals surface area contributed by atoms with E-state index in [0.717, 1.165) is 43.5 Å². The Morgan fingerprint density at radius 1 is 1.14 bits per heavy atom. The van der Waals surface area contributed by atoms with Crippen molar-refractivity contribution in [3.63, 3.8) is 0 Å². The third-order valence-electron chi connectivity index (χ3n) is 5.34. The topological polar surface area (TPSA) is 115 Å². The van der Waals surface area contributed by atoms with Gasteiger partial charge in [-0.1, -0.05) is 5.16 Å². The van der Waals surface area contributed by atoms with Gasteiger partial charge in [0.1, 0.15) is 17.3 Å². The van der Waals surface area contributed by atoms with Crippen molar-refractivity contribution in [2.24, 2.45) is 0 Å². The van der Waals surface area contributed by atoms with Crippen LogP contribution in [0.15, 0.2) is 39.5 Å². The number of aryl methyl sites for hydroxylation is 1. The molecule has 5 heterocycles. The van der Waals surface area contributed by atoms with E-state index in [-0.39, 0.29) is 6.04 Å². The molecule has 150 valence electrons. The van der Waals surface area contributed by atoms with Gasteiger partial charge in [0.2, 0.25) is 11.8 Å². The van der Waals surface area contributed by atoms with E-state index >= 15 is 0 Å². The Hall–Kier alpha value is -3.40. The first kappa shape index (κ1) is 17.7. The van der Waals surface area contributed by atoms with E-state index in [1.165, 1.54) is 4.52 Å². The fourth-order valence-corrected chi connectivity index (χ4v) is 3.68. The smallest absolute Gasteiger partial charge is 0.225 e. The van der Waals surface area contributed by atoms with Crippen LogP contribution in [0.5, 0.6) is 0 Å². The summed E-state index contributed by atoms with van der Waals surface area (Å²) in [7, 11) is 0. The SMILES string of the molecule is Cc1cc(C(C)N2CCN(c3cc4nc(-c5ccco5)nn4c(N)n3)CC2)no1. The number of hydrogen-bond donors (Lipinski definition) is 1. The van der Waals surface area contributed by atoms with Crippen LogP contribution in [-0.2, 0) is 0 Å². The average Bonchev–Trinajstić information content (AvgIpc) is 3.47. The Kier molecular flexibility index (Phi) is 4.20. The van der Waals surface area contributed by atoms with Crippen LogP contribution in [0.1, 0.15) is 24.4 Å². The Morgan fingerprint density at radius 2 is 1.97 bits per heavy atom. The van der Waals surface area contributed by atoms with Crippen LogP contribution in [0, 0.1) is 6.92 Å². The van der Waals surface area contributed by atoms with Gasteiger partial charge in [-0.05, 0) is 26.0 Å². The summed E-state index contributed by atoms with van der Waals surface area (Å²) in [5.74, 6) is 3.03. The summed E-state index contributed by atoms with van der Waals surface area (Å²) in [5.41, 5.74) is 7.76. The molecule has 1 aliphatic rings. The summed E-state index contributed by atoms with van der Waals surface area (Å²) in [5, 5.41) is 8.55. The number of nitrogen functional groups attached to an aromatic ring is 1. The standard InChI is InChI=1S/C19H22N8O2/c1-12-10-14(24-29-12)13(2)25-5-7-26(8-6-25)16-11-17-21-18(15-4-3-9-28-15)23-27(17)19(20)22-16/h3-4,9-11,13H,5-8H2,1-2H3,(H2,20,22). The van der Waals surface area contributed by atoms with Crippen molar-refractivity contribution in [1.29, 1.82) is 0 Å². The molecule has 2 N–H and O–H groups in total. The molecule has 29 heavy (non-hydrogen) atoms. The molecule has 1 unspecified atom stereocenters. The molecule has 10 heteroatoms. The number of piperazine rings is 1. The highest BCUT2D eigenvalue weighted by Gasteiger charge is 2.25. The van der Waals surface area contributed by atoms with E-state index in [0.29, 0.717) is 23.2 Å². The number of nitrogens with two attached hydrogens (primary N) is 1. The molecule has 0 saturated carbocycles. The molecule has 1 aliphatic heterocycles. The zero-order valence-corrected chi connectivity index (χ0v) is 16.3. The van der Waals surface area contributed by atoms with Gasteiger partial charge in [0.05, 0.1) is 12.3 Å². The second-order valence-electron chi connectivity index (χ2n) is 7.22. The molecule has 0 aliphatic carbocycles. The summed E-state index contributed by atoms with van der Waals surface area (Å²) in [6.07, 6.45) is 1.59. The monoisotopic (exact) mass is 394 g/mol. The quantitative estimate of drug-likeness (QED) is 0.556. The van der Waals surface area contributed by atoms with Crippen molar-refractivity contribution in [1.82, 2.24) is 29.6 Å². The molecule has 0 aromatic carbocycles. The third-order valence-corrected chi connectivity index (χ3v) is 5.34. The largest absolute Gasteiger partial charge is 0.461 e. The van der Waals surface area contributed by atoms with Gasteiger partial charge in [0, 0.05) is 38.3 Å². The minimum Gasteiger partial charge on any atom is -0.461 e. The maximum absolute atomic E-state index is 6.15. The third kappa shape index (κ3) is 3.21. The van der Waals surface area contributed by atoms with E-state index in [1.807, 2.05) is 25.1 Å². The van der Waals surface area contributed by atoms with Crippen molar-refractivity contribution in [3.8, 4) is 11.6 Å². The first-order valence-corrected chi connectivity index (χ1v) is 9.58. The normalized spacial score (nSPS) is 16.6. The summed E-state index contributed by atoms with van der Waals surface area (Å²) < 4.78 is 12.1. The van der Waals surface area contributed by atoms with Gasteiger partial charge in [-0.25, -0.2) is 4.98 Å². The number of fused-ring (bicyclic) bond motifs is 1. The van der Waals surface area contributed by atoms with Crippen molar-refractivity contribution >= 4 is 17.4 Å². The number of rotatable bonds is 4. The van der Waals surface area contributed by atoms with Crippen molar-refractivity contribution in [2.75, 3.05) is 36.8 Å². The minimum atomic E-state index is 0.211. The fraction of sp³-hybridized carbons (Fsp3) is 0.368. The van der Waals surface area contributed by atoms with Crippen molar-refractivity contribution < 1.29 is 8.94 Å². The first-order valence-electron chi connectivity index (χ1n) is 9.58. The number of hydrogen-bond acceptors (Lipinski definition) is 9. The van der Waals surface area contributed by atoms with Crippen LogP contribution in [0.25, 0.3) is 17.2 Å². The van der Waals surface area contributed by atoms with Gasteiger partial charge < -0.3 is 19.6 Å². The predicted molar refractivity (Wildman–Crippen MR) is 106 cm³/mol. The molecule has 4 aromatic heterocycles. The second kappa shape index (κ2) is 6.89. The molecule has 0 spiro atoms. The fourth-order valence-electron chi connectivity index (χ4n) is 3.68. The van der Waals surface area contributed by atoms with Gasteiger partial charge in [0.15, 0.2) is 11.4 Å². The molecule has 10 nitrogen and oxygen atoms in total. The number of anilines is 2. The Morgan fingerprint density at radius 3 is 2.66 bits per heavy atom. The summed E-state index contributed by atoms with van der Waals surface area (Å²) in [4.78, 5) is 13.7. The molecule has 0 radical (unpaired) electrons. The lowest BCUT2D eigenvalue weighted by molar-refractivity contribution is 0.190. The van der Waals surface area contributed by atoms with Crippen molar-refractivity contribution in [2.45, 2.75) is 19.9 Å². The molecular weight excluding hydrogens is 372 g/mol. The van der Waals surface area contributed by atoms with E-state index in [2.05, 4.69) is 36.9 Å². The Balaban J connectivity index is 1.34. The number of aromatic nitrogens is 5. The lowest BCUT2D eigenvalue weighted by atomic mass is 10.1. The van der Waals surface area contributed by atoms with Crippen molar-refractivity contribution in [3.05, 3.63) is 42.0 Å². The molecule has 1 atom stereocenters. The van der Waals surface area contributed by atoms with Crippen LogP contribution in [0.3, 0.4) is 0 Å². The minimum absolute atomic E-state index is 0.211. The zero-order chi connectivity index (χ0) is 20.0. The lowest BCUT2D eigenvalue weighted by Crippen LogP contribution is -2.47. The summed E-state index contributed by atoms with van der Waals surface area (Å²) >= 11 is 0. The van der Waals surface area contributed by atoms with Gasteiger partial charge in [-0.3, -0.25) is 4.90 Å². The van der Waals surface area contributed by atoms with Crippen LogP contribution in [-0.4, -0.2) is 55.8 Å².